The second kappa shape index (κ2) is 6.32. The van der Waals surface area contributed by atoms with Gasteiger partial charge in [0.2, 0.25) is 5.91 Å². The van der Waals surface area contributed by atoms with E-state index in [1.807, 2.05) is 37.6 Å². The van der Waals surface area contributed by atoms with Gasteiger partial charge in [-0.05, 0) is 30.5 Å². The van der Waals surface area contributed by atoms with Crippen molar-refractivity contribution in [1.82, 2.24) is 9.88 Å². The van der Waals surface area contributed by atoms with E-state index in [4.69, 9.17) is 0 Å². The molecule has 1 aliphatic rings. The lowest BCUT2D eigenvalue weighted by atomic mass is 9.94. The van der Waals surface area contributed by atoms with Crippen molar-refractivity contribution in [3.05, 3.63) is 46.4 Å². The van der Waals surface area contributed by atoms with E-state index in [0.717, 1.165) is 42.1 Å². The van der Waals surface area contributed by atoms with Gasteiger partial charge in [-0.25, -0.2) is 4.98 Å². The molecule has 5 heteroatoms. The molecule has 0 saturated heterocycles. The molecule has 0 bridgehead atoms. The highest BCUT2D eigenvalue weighted by molar-refractivity contribution is 7.09. The summed E-state index contributed by atoms with van der Waals surface area (Å²) in [5, 5.41) is 3.07. The molecule has 122 valence electrons. The zero-order chi connectivity index (χ0) is 16.4. The molecule has 3 rings (SSSR count). The van der Waals surface area contributed by atoms with E-state index in [1.54, 1.807) is 11.3 Å². The number of hydrogen-bond acceptors (Lipinski definition) is 4. The molecule has 0 aliphatic heterocycles. The summed E-state index contributed by atoms with van der Waals surface area (Å²) in [5.74, 6) is 0.242. The predicted octanol–water partition coefficient (Wildman–Crippen LogP) is 2.94. The summed E-state index contributed by atoms with van der Waals surface area (Å²) in [6.07, 6.45) is 4.55. The van der Waals surface area contributed by atoms with Gasteiger partial charge >= 0.3 is 0 Å². The van der Waals surface area contributed by atoms with Gasteiger partial charge in [-0.15, -0.1) is 11.3 Å². The summed E-state index contributed by atoms with van der Waals surface area (Å²) in [4.78, 5) is 21.1. The minimum Gasteiger partial charge on any atom is -0.378 e. The number of benzene rings is 1. The van der Waals surface area contributed by atoms with Crippen molar-refractivity contribution in [2.75, 3.05) is 32.6 Å². The lowest BCUT2D eigenvalue weighted by Gasteiger charge is -2.24. The van der Waals surface area contributed by atoms with Crippen molar-refractivity contribution in [3.63, 3.8) is 0 Å². The standard InChI is InChI=1S/C18H23N3OS/c1-20(2)15-6-4-14(5-7-15)18(9-10-18)17(22)21(3)12-8-16-19-11-13-23-16/h4-7,11,13H,8-10,12H2,1-3H3. The first-order valence-electron chi connectivity index (χ1n) is 7.95. The number of anilines is 1. The van der Waals surface area contributed by atoms with E-state index in [-0.39, 0.29) is 11.3 Å². The second-order valence-electron chi connectivity index (χ2n) is 6.43. The van der Waals surface area contributed by atoms with Crippen LogP contribution in [0, 0.1) is 0 Å². The van der Waals surface area contributed by atoms with Crippen molar-refractivity contribution in [1.29, 1.82) is 0 Å². The van der Waals surface area contributed by atoms with Crippen molar-refractivity contribution < 1.29 is 4.79 Å². The summed E-state index contributed by atoms with van der Waals surface area (Å²) in [6.45, 7) is 0.726. The van der Waals surface area contributed by atoms with Crippen LogP contribution in [0.5, 0.6) is 0 Å². The smallest absolute Gasteiger partial charge is 0.232 e. The number of aromatic nitrogens is 1. The highest BCUT2D eigenvalue weighted by Crippen LogP contribution is 2.49. The molecule has 1 saturated carbocycles. The maximum Gasteiger partial charge on any atom is 0.232 e. The largest absolute Gasteiger partial charge is 0.378 e. The Kier molecular flexibility index (Phi) is 4.39. The third-order valence-corrected chi connectivity index (χ3v) is 5.43. The average molecular weight is 329 g/mol. The van der Waals surface area contributed by atoms with Crippen molar-refractivity contribution >= 4 is 22.9 Å². The number of likely N-dealkylation sites (N-methyl/N-ethyl adjacent to an activating group) is 1. The molecule has 1 aliphatic carbocycles. The van der Waals surface area contributed by atoms with Crippen LogP contribution in [0.3, 0.4) is 0 Å². The van der Waals surface area contributed by atoms with E-state index in [0.29, 0.717) is 0 Å². The highest BCUT2D eigenvalue weighted by atomic mass is 32.1. The summed E-state index contributed by atoms with van der Waals surface area (Å²) < 4.78 is 0. The number of carbonyl (C=O) groups is 1. The summed E-state index contributed by atoms with van der Waals surface area (Å²) in [6, 6.07) is 8.40. The molecule has 23 heavy (non-hydrogen) atoms. The van der Waals surface area contributed by atoms with E-state index in [1.165, 1.54) is 0 Å². The van der Waals surface area contributed by atoms with Gasteiger partial charge in [-0.2, -0.15) is 0 Å². The molecule has 1 aromatic carbocycles. The van der Waals surface area contributed by atoms with Crippen molar-refractivity contribution in [2.45, 2.75) is 24.7 Å². The highest BCUT2D eigenvalue weighted by Gasteiger charge is 2.52. The molecule has 0 N–H and O–H groups in total. The monoisotopic (exact) mass is 329 g/mol. The minimum absolute atomic E-state index is 0.242. The first-order valence-corrected chi connectivity index (χ1v) is 8.83. The zero-order valence-electron chi connectivity index (χ0n) is 14.0. The Morgan fingerprint density at radius 3 is 2.43 bits per heavy atom. The van der Waals surface area contributed by atoms with Crippen LogP contribution in [0.25, 0.3) is 0 Å². The molecule has 0 spiro atoms. The maximum absolute atomic E-state index is 12.9. The quantitative estimate of drug-likeness (QED) is 0.817. The zero-order valence-corrected chi connectivity index (χ0v) is 14.8. The Morgan fingerprint density at radius 1 is 1.22 bits per heavy atom. The van der Waals surface area contributed by atoms with Crippen LogP contribution in [0.2, 0.25) is 0 Å². The van der Waals surface area contributed by atoms with Crippen LogP contribution < -0.4 is 4.90 Å². The van der Waals surface area contributed by atoms with Crippen LogP contribution in [-0.2, 0) is 16.6 Å². The molecule has 0 atom stereocenters. The van der Waals surface area contributed by atoms with Crippen LogP contribution >= 0.6 is 11.3 Å². The lowest BCUT2D eigenvalue weighted by Crippen LogP contribution is -2.37. The topological polar surface area (TPSA) is 36.4 Å². The van der Waals surface area contributed by atoms with E-state index >= 15 is 0 Å². The summed E-state index contributed by atoms with van der Waals surface area (Å²) in [7, 11) is 5.96. The van der Waals surface area contributed by atoms with Crippen LogP contribution in [0.1, 0.15) is 23.4 Å². The molecule has 0 radical (unpaired) electrons. The fraction of sp³-hybridized carbons (Fsp3) is 0.444. The SMILES string of the molecule is CN(CCc1nccs1)C(=O)C1(c2ccc(N(C)C)cc2)CC1. The lowest BCUT2D eigenvalue weighted by molar-refractivity contribution is -0.132. The number of nitrogens with zero attached hydrogens (tertiary/aromatic N) is 3. The van der Waals surface area contributed by atoms with Gasteiger partial charge in [0.05, 0.1) is 10.4 Å². The van der Waals surface area contributed by atoms with Gasteiger partial charge in [0.1, 0.15) is 0 Å². The summed E-state index contributed by atoms with van der Waals surface area (Å²) in [5.41, 5.74) is 2.02. The fourth-order valence-electron chi connectivity index (χ4n) is 2.94. The molecule has 1 fully saturated rings. The molecule has 0 unspecified atom stereocenters. The molecular weight excluding hydrogens is 306 g/mol. The molecular formula is C18H23N3OS. The minimum atomic E-state index is -0.289. The van der Waals surface area contributed by atoms with Gasteiger partial charge in [-0.3, -0.25) is 4.79 Å². The molecule has 4 nitrogen and oxygen atoms in total. The molecule has 1 heterocycles. The van der Waals surface area contributed by atoms with Crippen molar-refractivity contribution in [3.8, 4) is 0 Å². The Labute approximate surface area is 141 Å². The van der Waals surface area contributed by atoms with Crippen LogP contribution in [0.15, 0.2) is 35.8 Å². The molecule has 1 aromatic heterocycles. The van der Waals surface area contributed by atoms with Gasteiger partial charge in [0.25, 0.3) is 0 Å². The van der Waals surface area contributed by atoms with E-state index in [2.05, 4.69) is 34.1 Å². The van der Waals surface area contributed by atoms with Crippen LogP contribution in [0.4, 0.5) is 5.69 Å². The maximum atomic E-state index is 12.9. The number of hydrogen-bond donors (Lipinski definition) is 0. The van der Waals surface area contributed by atoms with Gasteiger partial charge in [0, 0.05) is 51.4 Å². The van der Waals surface area contributed by atoms with Crippen molar-refractivity contribution in [2.24, 2.45) is 0 Å². The predicted molar refractivity (Wildman–Crippen MR) is 95.1 cm³/mol. The Hall–Kier alpha value is -1.88. The van der Waals surface area contributed by atoms with Gasteiger partial charge < -0.3 is 9.80 Å². The first-order chi connectivity index (χ1) is 11.0. The second-order valence-corrected chi connectivity index (χ2v) is 7.41. The normalized spacial score (nSPS) is 15.3. The Balaban J connectivity index is 1.67. The molecule has 1 amide bonds. The molecule has 2 aromatic rings. The number of carbonyl (C=O) groups excluding carboxylic acids is 1. The summed E-state index contributed by atoms with van der Waals surface area (Å²) >= 11 is 1.65. The number of thiazole rings is 1. The Morgan fingerprint density at radius 2 is 1.91 bits per heavy atom. The van der Waals surface area contributed by atoms with Gasteiger partial charge in [-0.1, -0.05) is 12.1 Å². The van der Waals surface area contributed by atoms with E-state index < -0.39 is 0 Å². The average Bonchev–Trinajstić information content (AvgIpc) is 3.20. The van der Waals surface area contributed by atoms with Crippen LogP contribution in [-0.4, -0.2) is 43.5 Å². The fourth-order valence-corrected chi connectivity index (χ4v) is 3.55. The first kappa shape index (κ1) is 16.0. The Bertz CT molecular complexity index is 660. The number of amides is 1. The van der Waals surface area contributed by atoms with E-state index in [9.17, 15) is 4.79 Å². The van der Waals surface area contributed by atoms with Gasteiger partial charge in [0.15, 0.2) is 0 Å². The number of rotatable bonds is 6. The third-order valence-electron chi connectivity index (χ3n) is 4.59. The third kappa shape index (κ3) is 3.24.